The Labute approximate surface area is 175 Å². The van der Waals surface area contributed by atoms with Gasteiger partial charge in [0.1, 0.15) is 0 Å². The minimum Gasteiger partial charge on any atom is -0.353 e. The number of aromatic nitrogens is 1. The first-order chi connectivity index (χ1) is 14.0. The van der Waals surface area contributed by atoms with Crippen molar-refractivity contribution in [3.63, 3.8) is 0 Å². The molecule has 1 N–H and O–H groups in total. The molecule has 1 aromatic rings. The zero-order chi connectivity index (χ0) is 20.2. The Balaban J connectivity index is 1.46. The Morgan fingerprint density at radius 2 is 2.00 bits per heavy atom. The molecule has 4 aliphatic rings. The first-order valence-electron chi connectivity index (χ1n) is 11.6. The van der Waals surface area contributed by atoms with Gasteiger partial charge in [0, 0.05) is 25.0 Å². The van der Waals surface area contributed by atoms with E-state index < -0.39 is 0 Å². The zero-order valence-corrected chi connectivity index (χ0v) is 18.1. The Hall–Kier alpha value is -1.90. The highest BCUT2D eigenvalue weighted by atomic mass is 16.1. The van der Waals surface area contributed by atoms with Crippen molar-refractivity contribution in [2.24, 2.45) is 28.6 Å². The van der Waals surface area contributed by atoms with Crippen molar-refractivity contribution in [1.82, 2.24) is 10.3 Å². The molecular weight excluding hydrogens is 356 g/mol. The highest BCUT2D eigenvalue weighted by Gasteiger charge is 2.56. The van der Waals surface area contributed by atoms with Gasteiger partial charge in [-0.3, -0.25) is 9.78 Å². The highest BCUT2D eigenvalue weighted by Crippen LogP contribution is 2.66. The molecule has 0 radical (unpaired) electrons. The average molecular weight is 391 g/mol. The largest absolute Gasteiger partial charge is 0.353 e. The van der Waals surface area contributed by atoms with Crippen molar-refractivity contribution in [1.29, 1.82) is 0 Å². The maximum absolute atomic E-state index is 12.1. The van der Waals surface area contributed by atoms with Crippen molar-refractivity contribution in [3.05, 3.63) is 47.3 Å². The van der Waals surface area contributed by atoms with Crippen molar-refractivity contribution in [3.8, 4) is 0 Å². The molecule has 2 heterocycles. The maximum atomic E-state index is 12.1. The fourth-order valence-electron chi connectivity index (χ4n) is 7.41. The van der Waals surface area contributed by atoms with Crippen LogP contribution >= 0.6 is 0 Å². The lowest BCUT2D eigenvalue weighted by Gasteiger charge is -2.57. The predicted octanol–water partition coefficient (Wildman–Crippen LogP) is 5.33. The molecule has 3 heteroatoms. The van der Waals surface area contributed by atoms with E-state index in [4.69, 9.17) is 0 Å². The van der Waals surface area contributed by atoms with E-state index in [2.05, 4.69) is 49.4 Å². The fourth-order valence-corrected chi connectivity index (χ4v) is 7.41. The number of amides is 1. The number of allylic oxidation sites excluding steroid dienone is 3. The molecule has 3 nitrogen and oxygen atoms in total. The Bertz CT molecular complexity index is 900. The number of nitrogens with one attached hydrogen (secondary N) is 1. The van der Waals surface area contributed by atoms with Crippen LogP contribution in [0.3, 0.4) is 0 Å². The van der Waals surface area contributed by atoms with Crippen LogP contribution in [0.2, 0.25) is 0 Å². The third kappa shape index (κ3) is 2.84. The van der Waals surface area contributed by atoms with E-state index in [-0.39, 0.29) is 16.7 Å². The lowest BCUT2D eigenvalue weighted by atomic mass is 9.47. The molecular formula is C26H34N2O. The summed E-state index contributed by atoms with van der Waals surface area (Å²) in [4.78, 5) is 16.7. The van der Waals surface area contributed by atoms with E-state index >= 15 is 0 Å². The van der Waals surface area contributed by atoms with Crippen molar-refractivity contribution >= 4 is 11.5 Å². The van der Waals surface area contributed by atoms with Crippen LogP contribution in [0.5, 0.6) is 0 Å². The van der Waals surface area contributed by atoms with Gasteiger partial charge >= 0.3 is 0 Å². The molecule has 2 fully saturated rings. The minimum atomic E-state index is 0.121. The SMILES string of the molecule is CCc1cncc(C2=CC[C@H]3[C@@H]4CCC5=CC(=O)NCC[C@]5(C)[C@H]4CC[C@]23C)c1. The number of pyridine rings is 1. The fraction of sp³-hybridized carbons (Fsp3) is 0.615. The molecule has 5 rings (SSSR count). The second-order valence-corrected chi connectivity index (χ2v) is 10.3. The average Bonchev–Trinajstić information content (AvgIpc) is 2.99. The molecule has 5 atom stereocenters. The topological polar surface area (TPSA) is 42.0 Å². The van der Waals surface area contributed by atoms with Crippen molar-refractivity contribution in [2.75, 3.05) is 6.54 Å². The summed E-state index contributed by atoms with van der Waals surface area (Å²) in [5.41, 5.74) is 6.11. The second kappa shape index (κ2) is 6.82. The Morgan fingerprint density at radius 1 is 1.14 bits per heavy atom. The lowest BCUT2D eigenvalue weighted by Crippen LogP contribution is -2.49. The molecule has 0 unspecified atom stereocenters. The van der Waals surface area contributed by atoms with Gasteiger partial charge in [0.25, 0.3) is 0 Å². The number of rotatable bonds is 2. The first-order valence-corrected chi connectivity index (χ1v) is 11.6. The molecule has 3 aliphatic carbocycles. The number of aryl methyl sites for hydroxylation is 1. The van der Waals surface area contributed by atoms with Gasteiger partial charge in [0.15, 0.2) is 0 Å². The van der Waals surface area contributed by atoms with Crippen molar-refractivity contribution < 1.29 is 4.79 Å². The molecule has 0 bridgehead atoms. The molecule has 1 aromatic heterocycles. The van der Waals surface area contributed by atoms with E-state index in [1.807, 2.05) is 12.3 Å². The van der Waals surface area contributed by atoms with Gasteiger partial charge < -0.3 is 5.32 Å². The quantitative estimate of drug-likeness (QED) is 0.742. The Kier molecular flexibility index (Phi) is 4.49. The standard InChI is InChI=1S/C26H34N2O/c1-4-17-13-18(16-27-15-17)21-7-8-22-20-6-5-19-14-24(29)28-12-11-25(19,2)23(20)9-10-26(21,22)3/h7,13-16,20,22-23H,4-6,8-12H2,1-3H3,(H,28,29)/t20-,22-,23-,25-,26+/m0/s1. The van der Waals surface area contributed by atoms with Crippen LogP contribution in [-0.2, 0) is 11.2 Å². The van der Waals surface area contributed by atoms with Crippen molar-refractivity contribution in [2.45, 2.75) is 65.7 Å². The highest BCUT2D eigenvalue weighted by molar-refractivity contribution is 5.88. The molecule has 0 saturated heterocycles. The molecule has 1 aliphatic heterocycles. The predicted molar refractivity (Wildman–Crippen MR) is 117 cm³/mol. The third-order valence-corrected chi connectivity index (χ3v) is 9.08. The summed E-state index contributed by atoms with van der Waals surface area (Å²) in [6.45, 7) is 8.01. The summed E-state index contributed by atoms with van der Waals surface area (Å²) in [5.74, 6) is 2.32. The number of carbonyl (C=O) groups excluding carboxylic acids is 1. The van der Waals surface area contributed by atoms with Gasteiger partial charge in [0.2, 0.25) is 5.91 Å². The summed E-state index contributed by atoms with van der Waals surface area (Å²) >= 11 is 0. The van der Waals surface area contributed by atoms with E-state index in [1.165, 1.54) is 42.4 Å². The summed E-state index contributed by atoms with van der Waals surface area (Å²) in [5, 5.41) is 3.08. The van der Waals surface area contributed by atoms with Crippen LogP contribution in [0.25, 0.3) is 5.57 Å². The number of carbonyl (C=O) groups is 1. The first kappa shape index (κ1) is 19.1. The second-order valence-electron chi connectivity index (χ2n) is 10.3. The van der Waals surface area contributed by atoms with E-state index in [9.17, 15) is 4.79 Å². The van der Waals surface area contributed by atoms with Crippen LogP contribution in [0, 0.1) is 28.6 Å². The molecule has 2 saturated carbocycles. The molecule has 154 valence electrons. The van der Waals surface area contributed by atoms with Gasteiger partial charge in [0.05, 0.1) is 0 Å². The molecule has 0 spiro atoms. The Morgan fingerprint density at radius 3 is 2.83 bits per heavy atom. The van der Waals surface area contributed by atoms with E-state index in [1.54, 1.807) is 5.57 Å². The number of hydrogen-bond donors (Lipinski definition) is 1. The van der Waals surface area contributed by atoms with Crippen LogP contribution in [-0.4, -0.2) is 17.4 Å². The number of nitrogens with zero attached hydrogens (tertiary/aromatic N) is 1. The van der Waals surface area contributed by atoms with Gasteiger partial charge in [-0.2, -0.15) is 0 Å². The normalized spacial score (nSPS) is 38.7. The van der Waals surface area contributed by atoms with Gasteiger partial charge in [-0.05, 0) is 96.3 Å². The monoisotopic (exact) mass is 390 g/mol. The summed E-state index contributed by atoms with van der Waals surface area (Å²) in [7, 11) is 0. The summed E-state index contributed by atoms with van der Waals surface area (Å²) < 4.78 is 0. The van der Waals surface area contributed by atoms with Gasteiger partial charge in [-0.25, -0.2) is 0 Å². The zero-order valence-electron chi connectivity index (χ0n) is 18.1. The van der Waals surface area contributed by atoms with Crippen LogP contribution in [0.4, 0.5) is 0 Å². The maximum Gasteiger partial charge on any atom is 0.243 e. The molecule has 29 heavy (non-hydrogen) atoms. The molecule has 1 amide bonds. The number of hydrogen-bond acceptors (Lipinski definition) is 2. The smallest absolute Gasteiger partial charge is 0.243 e. The summed E-state index contributed by atoms with van der Waals surface area (Å²) in [6, 6.07) is 2.37. The summed E-state index contributed by atoms with van der Waals surface area (Å²) in [6.07, 6.45) is 16.8. The van der Waals surface area contributed by atoms with Crippen LogP contribution in [0.15, 0.2) is 36.2 Å². The van der Waals surface area contributed by atoms with Crippen LogP contribution < -0.4 is 5.32 Å². The minimum absolute atomic E-state index is 0.121. The van der Waals surface area contributed by atoms with Crippen LogP contribution in [0.1, 0.15) is 70.4 Å². The number of fused-ring (bicyclic) bond motifs is 5. The van der Waals surface area contributed by atoms with E-state index in [0.29, 0.717) is 5.92 Å². The lowest BCUT2D eigenvalue weighted by molar-refractivity contribution is -0.116. The van der Waals surface area contributed by atoms with Gasteiger partial charge in [-0.1, -0.05) is 32.4 Å². The molecule has 0 aromatic carbocycles. The van der Waals surface area contributed by atoms with E-state index in [0.717, 1.165) is 37.6 Å². The van der Waals surface area contributed by atoms with Gasteiger partial charge in [-0.15, -0.1) is 0 Å². The third-order valence-electron chi connectivity index (χ3n) is 9.08.